The zero-order valence-electron chi connectivity index (χ0n) is 9.85. The third-order valence-electron chi connectivity index (χ3n) is 2.66. The second-order valence-corrected chi connectivity index (χ2v) is 4.37. The van der Waals surface area contributed by atoms with Crippen molar-refractivity contribution < 1.29 is 14.3 Å². The molecule has 2 rings (SSSR count). The summed E-state index contributed by atoms with van der Waals surface area (Å²) in [6.45, 7) is 1.62. The normalized spacial score (nSPS) is 10.5. The molecule has 0 atom stereocenters. The highest BCUT2D eigenvalue weighted by molar-refractivity contribution is 6.30. The average molecular weight is 282 g/mol. The van der Waals surface area contributed by atoms with Crippen LogP contribution in [0.3, 0.4) is 0 Å². The van der Waals surface area contributed by atoms with Gasteiger partial charge in [-0.25, -0.2) is 9.18 Å². The van der Waals surface area contributed by atoms with Gasteiger partial charge >= 0.3 is 5.97 Å². The first kappa shape index (κ1) is 13.3. The minimum Gasteiger partial charge on any atom is -0.477 e. The molecule has 0 aliphatic carbocycles. The van der Waals surface area contributed by atoms with Crippen LogP contribution in [0.4, 0.5) is 4.39 Å². The number of rotatable bonds is 2. The average Bonchev–Trinajstić information content (AvgIpc) is 2.32. The van der Waals surface area contributed by atoms with Gasteiger partial charge < -0.3 is 9.67 Å². The summed E-state index contributed by atoms with van der Waals surface area (Å²) in [4.78, 5) is 22.4. The van der Waals surface area contributed by atoms with Crippen LogP contribution in [-0.4, -0.2) is 15.6 Å². The van der Waals surface area contributed by atoms with Crippen LogP contribution in [0.25, 0.3) is 5.69 Å². The van der Waals surface area contributed by atoms with Crippen molar-refractivity contribution >= 4 is 17.6 Å². The first-order chi connectivity index (χ1) is 8.90. The van der Waals surface area contributed by atoms with Crippen LogP contribution in [0.1, 0.15) is 16.1 Å². The monoisotopic (exact) mass is 281 g/mol. The van der Waals surface area contributed by atoms with Gasteiger partial charge in [0, 0.05) is 23.6 Å². The van der Waals surface area contributed by atoms with E-state index < -0.39 is 17.2 Å². The van der Waals surface area contributed by atoms with Gasteiger partial charge in [-0.1, -0.05) is 11.6 Å². The predicted molar refractivity (Wildman–Crippen MR) is 68.7 cm³/mol. The summed E-state index contributed by atoms with van der Waals surface area (Å²) in [5.74, 6) is -1.94. The zero-order valence-corrected chi connectivity index (χ0v) is 10.6. The molecule has 1 aromatic heterocycles. The highest BCUT2D eigenvalue weighted by Crippen LogP contribution is 2.19. The number of aromatic carboxylic acids is 1. The van der Waals surface area contributed by atoms with E-state index in [1.54, 1.807) is 6.92 Å². The number of hydrogen-bond donors (Lipinski definition) is 1. The van der Waals surface area contributed by atoms with Gasteiger partial charge in [-0.2, -0.15) is 0 Å². The third-order valence-corrected chi connectivity index (χ3v) is 2.96. The summed E-state index contributed by atoms with van der Waals surface area (Å²) in [6, 6.07) is 5.26. The fraction of sp³-hybridized carbons (Fsp3) is 0.0769. The lowest BCUT2D eigenvalue weighted by Crippen LogP contribution is -2.18. The van der Waals surface area contributed by atoms with Crippen LogP contribution in [0.15, 0.2) is 35.3 Å². The van der Waals surface area contributed by atoms with Crippen molar-refractivity contribution in [1.82, 2.24) is 4.57 Å². The lowest BCUT2D eigenvalue weighted by molar-refractivity contribution is 0.0695. The molecule has 0 aliphatic rings. The Bertz CT molecular complexity index is 724. The molecular formula is C13H9ClFNO3. The zero-order chi connectivity index (χ0) is 14.2. The molecule has 0 radical (unpaired) electrons. The number of carboxylic acids is 1. The SMILES string of the molecule is Cc1cc(=O)c(C(=O)O)cn1-c1ccc(Cl)c(F)c1. The molecule has 2 aromatic rings. The molecule has 0 fully saturated rings. The van der Waals surface area contributed by atoms with Crippen molar-refractivity contribution in [3.63, 3.8) is 0 Å². The highest BCUT2D eigenvalue weighted by Gasteiger charge is 2.12. The van der Waals surface area contributed by atoms with E-state index in [2.05, 4.69) is 0 Å². The third kappa shape index (κ3) is 2.51. The number of nitrogens with zero attached hydrogens (tertiary/aromatic N) is 1. The Hall–Kier alpha value is -2.14. The van der Waals surface area contributed by atoms with Crippen LogP contribution in [0.2, 0.25) is 5.02 Å². The van der Waals surface area contributed by atoms with Crippen molar-refractivity contribution in [3.8, 4) is 5.69 Å². The minimum absolute atomic E-state index is 0.0269. The van der Waals surface area contributed by atoms with Crippen molar-refractivity contribution in [3.05, 3.63) is 62.8 Å². The van der Waals surface area contributed by atoms with E-state index in [0.29, 0.717) is 11.4 Å². The molecule has 1 N–H and O–H groups in total. The highest BCUT2D eigenvalue weighted by atomic mass is 35.5. The summed E-state index contributed by atoms with van der Waals surface area (Å²) >= 11 is 5.59. The van der Waals surface area contributed by atoms with E-state index in [9.17, 15) is 14.0 Å². The van der Waals surface area contributed by atoms with Crippen LogP contribution in [-0.2, 0) is 0 Å². The van der Waals surface area contributed by atoms with Gasteiger partial charge in [0.2, 0.25) is 0 Å². The van der Waals surface area contributed by atoms with E-state index >= 15 is 0 Å². The van der Waals surface area contributed by atoms with E-state index in [1.165, 1.54) is 35.0 Å². The molecule has 0 saturated heterocycles. The Morgan fingerprint density at radius 3 is 2.63 bits per heavy atom. The lowest BCUT2D eigenvalue weighted by atomic mass is 10.2. The molecule has 19 heavy (non-hydrogen) atoms. The van der Waals surface area contributed by atoms with Gasteiger partial charge in [-0.3, -0.25) is 4.79 Å². The fourth-order valence-corrected chi connectivity index (χ4v) is 1.82. The molecule has 1 aromatic carbocycles. The maximum atomic E-state index is 13.4. The number of pyridine rings is 1. The lowest BCUT2D eigenvalue weighted by Gasteiger charge is -2.12. The molecule has 1 heterocycles. The Balaban J connectivity index is 2.68. The number of carbonyl (C=O) groups is 1. The van der Waals surface area contributed by atoms with E-state index in [4.69, 9.17) is 16.7 Å². The summed E-state index contributed by atoms with van der Waals surface area (Å²) < 4.78 is 14.8. The summed E-state index contributed by atoms with van der Waals surface area (Å²) in [7, 11) is 0. The molecule has 4 nitrogen and oxygen atoms in total. The second kappa shape index (κ2) is 4.85. The topological polar surface area (TPSA) is 59.3 Å². The largest absolute Gasteiger partial charge is 0.477 e. The molecule has 0 aliphatic heterocycles. The molecule has 0 unspecified atom stereocenters. The molecule has 0 bridgehead atoms. The van der Waals surface area contributed by atoms with Gasteiger partial charge in [-0.05, 0) is 25.1 Å². The van der Waals surface area contributed by atoms with Crippen molar-refractivity contribution in [1.29, 1.82) is 0 Å². The molecule has 6 heteroatoms. The van der Waals surface area contributed by atoms with Crippen molar-refractivity contribution in [2.24, 2.45) is 0 Å². The maximum Gasteiger partial charge on any atom is 0.341 e. The quantitative estimate of drug-likeness (QED) is 0.920. The standard InChI is InChI=1S/C13H9ClFNO3/c1-7-4-12(17)9(13(18)19)6-16(7)8-2-3-10(14)11(15)5-8/h2-6H,1H3,(H,18,19). The summed E-state index contributed by atoms with van der Waals surface area (Å²) in [6.07, 6.45) is 1.17. The summed E-state index contributed by atoms with van der Waals surface area (Å²) in [5.41, 5.74) is -0.0738. The Morgan fingerprint density at radius 2 is 2.05 bits per heavy atom. The number of aryl methyl sites for hydroxylation is 1. The first-order valence-corrected chi connectivity index (χ1v) is 5.70. The number of carboxylic acid groups (broad SMARTS) is 1. The number of aromatic nitrogens is 1. The van der Waals surface area contributed by atoms with E-state index in [0.717, 1.165) is 0 Å². The number of hydrogen-bond acceptors (Lipinski definition) is 2. The van der Waals surface area contributed by atoms with Crippen LogP contribution in [0, 0.1) is 12.7 Å². The van der Waals surface area contributed by atoms with Gasteiger partial charge in [0.25, 0.3) is 0 Å². The van der Waals surface area contributed by atoms with Gasteiger partial charge in [0.05, 0.1) is 5.02 Å². The first-order valence-electron chi connectivity index (χ1n) is 5.32. The minimum atomic E-state index is -1.33. The second-order valence-electron chi connectivity index (χ2n) is 3.97. The van der Waals surface area contributed by atoms with Gasteiger partial charge in [-0.15, -0.1) is 0 Å². The summed E-state index contributed by atoms with van der Waals surface area (Å²) in [5, 5.41) is 8.89. The Kier molecular flexibility index (Phi) is 3.40. The van der Waals surface area contributed by atoms with Gasteiger partial charge in [0.15, 0.2) is 5.43 Å². The molecular weight excluding hydrogens is 273 g/mol. The predicted octanol–water partition coefficient (Wildman–Crippen LogP) is 2.64. The number of halogens is 2. The molecule has 98 valence electrons. The Labute approximate surface area is 112 Å². The molecule has 0 spiro atoms. The van der Waals surface area contributed by atoms with Crippen molar-refractivity contribution in [2.75, 3.05) is 0 Å². The Morgan fingerprint density at radius 1 is 1.37 bits per heavy atom. The van der Waals surface area contributed by atoms with E-state index in [-0.39, 0.29) is 10.6 Å². The smallest absolute Gasteiger partial charge is 0.341 e. The van der Waals surface area contributed by atoms with Crippen LogP contribution in [0.5, 0.6) is 0 Å². The van der Waals surface area contributed by atoms with Crippen LogP contribution < -0.4 is 5.43 Å². The number of benzene rings is 1. The van der Waals surface area contributed by atoms with E-state index in [1.807, 2.05) is 0 Å². The molecule has 0 saturated carbocycles. The molecule has 0 amide bonds. The maximum absolute atomic E-state index is 13.4. The van der Waals surface area contributed by atoms with Crippen LogP contribution >= 0.6 is 11.6 Å². The van der Waals surface area contributed by atoms with Gasteiger partial charge in [0.1, 0.15) is 11.4 Å². The fourth-order valence-electron chi connectivity index (χ4n) is 1.71. The van der Waals surface area contributed by atoms with Crippen molar-refractivity contribution in [2.45, 2.75) is 6.92 Å².